The largest absolute Gasteiger partial charge is 0.508 e. The van der Waals surface area contributed by atoms with E-state index < -0.39 is 23.5 Å². The lowest BCUT2D eigenvalue weighted by Gasteiger charge is -2.60. The molecule has 3 aliphatic carbocycles. The summed E-state index contributed by atoms with van der Waals surface area (Å²) < 4.78 is 12.6. The zero-order chi connectivity index (χ0) is 35.3. The van der Waals surface area contributed by atoms with Gasteiger partial charge in [0.25, 0.3) is 0 Å². The molecular formula is C42H46N2O7. The number of phenols is 1. The van der Waals surface area contributed by atoms with Gasteiger partial charge in [-0.05, 0) is 69.7 Å². The highest BCUT2D eigenvalue weighted by molar-refractivity contribution is 5.99. The Balaban J connectivity index is 1.12. The van der Waals surface area contributed by atoms with Crippen molar-refractivity contribution in [2.45, 2.75) is 94.7 Å². The number of likely N-dealkylation sites (tertiary alicyclic amines) is 1. The molecule has 3 fully saturated rings. The number of benzene rings is 3. The van der Waals surface area contributed by atoms with Crippen molar-refractivity contribution in [1.82, 2.24) is 9.80 Å². The summed E-state index contributed by atoms with van der Waals surface area (Å²) in [7, 11) is 0. The van der Waals surface area contributed by atoms with Crippen LogP contribution in [0.15, 0.2) is 66.7 Å². The summed E-state index contributed by atoms with van der Waals surface area (Å²) >= 11 is 0. The van der Waals surface area contributed by atoms with Gasteiger partial charge in [0.1, 0.15) is 11.9 Å². The maximum absolute atomic E-state index is 14.4. The molecule has 2 aliphatic heterocycles. The van der Waals surface area contributed by atoms with Crippen molar-refractivity contribution in [3.05, 3.63) is 89.0 Å². The number of nitrogens with zero attached hydrogens (tertiary/aromatic N) is 2. The van der Waals surface area contributed by atoms with E-state index in [9.17, 15) is 24.3 Å². The van der Waals surface area contributed by atoms with Crippen LogP contribution in [0, 0.1) is 11.8 Å². The van der Waals surface area contributed by atoms with Gasteiger partial charge in [0, 0.05) is 66.1 Å². The van der Waals surface area contributed by atoms with Crippen LogP contribution in [-0.4, -0.2) is 76.2 Å². The van der Waals surface area contributed by atoms with Crippen LogP contribution in [0.1, 0.15) is 96.6 Å². The molecule has 51 heavy (non-hydrogen) atoms. The number of hydrogen-bond acceptors (Lipinski definition) is 8. The molecule has 9 heteroatoms. The lowest BCUT2D eigenvalue weighted by atomic mass is 9.50. The summed E-state index contributed by atoms with van der Waals surface area (Å²) in [6.45, 7) is 3.20. The second-order valence-electron chi connectivity index (χ2n) is 15.3. The average molecular weight is 691 g/mol. The zero-order valence-electron chi connectivity index (χ0n) is 29.2. The second kappa shape index (κ2) is 13.6. The maximum atomic E-state index is 14.4. The number of phenolic OH excluding ortho intramolecular Hbond substituents is 1. The van der Waals surface area contributed by atoms with E-state index in [0.717, 1.165) is 43.0 Å². The van der Waals surface area contributed by atoms with Crippen LogP contribution >= 0.6 is 0 Å². The molecule has 2 bridgehead atoms. The highest BCUT2D eigenvalue weighted by Crippen LogP contribution is 2.66. The highest BCUT2D eigenvalue weighted by atomic mass is 16.6. The minimum Gasteiger partial charge on any atom is -0.508 e. The monoisotopic (exact) mass is 690 g/mol. The smallest absolute Gasteiger partial charge is 0.308 e. The summed E-state index contributed by atoms with van der Waals surface area (Å²) in [5.74, 6) is 1.06. The van der Waals surface area contributed by atoms with E-state index in [1.54, 1.807) is 17.0 Å². The molecule has 1 N–H and O–H groups in total. The summed E-state index contributed by atoms with van der Waals surface area (Å²) in [6, 6.07) is 19.6. The Morgan fingerprint density at radius 2 is 1.61 bits per heavy atom. The third-order valence-electron chi connectivity index (χ3n) is 12.2. The van der Waals surface area contributed by atoms with Crippen molar-refractivity contribution in [3.8, 4) is 17.2 Å². The fraction of sp³-hybridized carbons (Fsp3) is 0.476. The van der Waals surface area contributed by atoms with Crippen LogP contribution in [0.2, 0.25) is 0 Å². The van der Waals surface area contributed by atoms with Crippen molar-refractivity contribution in [3.63, 3.8) is 0 Å². The first-order chi connectivity index (χ1) is 24.7. The van der Waals surface area contributed by atoms with Gasteiger partial charge in [0.2, 0.25) is 5.91 Å². The number of piperidine rings is 1. The topological polar surface area (TPSA) is 113 Å². The number of ketones is 2. The molecule has 9 nitrogen and oxygen atoms in total. The normalized spacial score (nSPS) is 25.7. The van der Waals surface area contributed by atoms with E-state index in [1.807, 2.05) is 48.5 Å². The molecule has 5 aliphatic rings. The minimum atomic E-state index is -0.501. The Kier molecular flexibility index (Phi) is 8.95. The summed E-state index contributed by atoms with van der Waals surface area (Å²) in [4.78, 5) is 57.6. The quantitative estimate of drug-likeness (QED) is 0.0964. The van der Waals surface area contributed by atoms with E-state index in [4.69, 9.17) is 9.47 Å². The fourth-order valence-electron chi connectivity index (χ4n) is 9.79. The fourth-order valence-corrected chi connectivity index (χ4v) is 9.79. The Labute approximate surface area is 298 Å². The molecule has 0 unspecified atom stereocenters. The SMILES string of the molecule is CC(=O)Oc1cc(O)c2c3c1O[C@H]1[C@H](N(CC(=O)c4ccccc4)C(=O)CCCCC(=O)c4ccccc4)CC[C@H]4[C@@H](C2)N(CC2CC2)CC[C@@]341. The number of aromatic hydroxyl groups is 1. The molecule has 0 radical (unpaired) electrons. The standard InChI is InChI=1S/C42H46N2O7/c1-26(45)50-37-23-35(47)30-22-33-31-18-19-32(41-42(31,39(30)40(37)51-41)20-21-43(33)24-27-16-17-27)44(25-36(48)29-12-6-3-7-13-29)38(49)15-9-8-14-34(46)28-10-4-2-5-11-28/h2-7,10-13,23,27,31-33,41,47H,8-9,14-22,24-25H2,1H3/t31-,32+,33+,41-,42-/m0/s1. The Morgan fingerprint density at radius 1 is 0.922 bits per heavy atom. The minimum absolute atomic E-state index is 0.0521. The van der Waals surface area contributed by atoms with Crippen molar-refractivity contribution in [2.24, 2.45) is 11.8 Å². The number of carbonyl (C=O) groups is 4. The predicted molar refractivity (Wildman–Crippen MR) is 190 cm³/mol. The van der Waals surface area contributed by atoms with Crippen LogP contribution in [0.4, 0.5) is 0 Å². The molecule has 0 aromatic heterocycles. The van der Waals surface area contributed by atoms with Crippen molar-refractivity contribution < 1.29 is 33.8 Å². The second-order valence-corrected chi connectivity index (χ2v) is 15.3. The van der Waals surface area contributed by atoms with Gasteiger partial charge in [0.05, 0.1) is 12.6 Å². The van der Waals surface area contributed by atoms with Gasteiger partial charge in [-0.1, -0.05) is 60.7 Å². The maximum Gasteiger partial charge on any atom is 0.308 e. The molecule has 1 saturated heterocycles. The molecule has 1 spiro atoms. The van der Waals surface area contributed by atoms with Crippen LogP contribution < -0.4 is 9.47 Å². The van der Waals surface area contributed by atoms with Gasteiger partial charge in [-0.15, -0.1) is 0 Å². The lowest BCUT2D eigenvalue weighted by Crippen LogP contribution is -2.69. The Hall–Kier alpha value is -4.50. The first-order valence-corrected chi connectivity index (χ1v) is 18.7. The van der Waals surface area contributed by atoms with Gasteiger partial charge in [-0.25, -0.2) is 0 Å². The molecule has 8 rings (SSSR count). The number of carbonyl (C=O) groups excluding carboxylic acids is 4. The number of Topliss-reactive ketones (excluding diaryl/α,β-unsaturated/α-hetero) is 2. The number of amides is 1. The van der Waals surface area contributed by atoms with Crippen LogP contribution in [0.25, 0.3) is 0 Å². The Morgan fingerprint density at radius 3 is 2.29 bits per heavy atom. The molecule has 266 valence electrons. The van der Waals surface area contributed by atoms with E-state index in [1.165, 1.54) is 25.8 Å². The summed E-state index contributed by atoms with van der Waals surface area (Å²) in [6.07, 6.45) is 6.70. The average Bonchev–Trinajstić information content (AvgIpc) is 3.89. The van der Waals surface area contributed by atoms with Crippen molar-refractivity contribution in [1.29, 1.82) is 0 Å². The Bertz CT molecular complexity index is 1840. The summed E-state index contributed by atoms with van der Waals surface area (Å²) in [5.41, 5.74) is 2.50. The molecule has 1 amide bonds. The molecular weight excluding hydrogens is 644 g/mol. The van der Waals surface area contributed by atoms with E-state index in [0.29, 0.717) is 49.0 Å². The number of rotatable bonds is 13. The number of ether oxygens (including phenoxy) is 2. The van der Waals surface area contributed by atoms with Crippen LogP contribution in [-0.2, 0) is 21.4 Å². The number of hydrogen-bond donors (Lipinski definition) is 1. The zero-order valence-corrected chi connectivity index (χ0v) is 29.2. The third kappa shape index (κ3) is 6.13. The number of esters is 1. The molecule has 2 heterocycles. The van der Waals surface area contributed by atoms with Crippen LogP contribution in [0.5, 0.6) is 17.2 Å². The lowest BCUT2D eigenvalue weighted by molar-refractivity contribution is -0.142. The van der Waals surface area contributed by atoms with Gasteiger partial charge < -0.3 is 19.5 Å². The van der Waals surface area contributed by atoms with E-state index >= 15 is 0 Å². The summed E-state index contributed by atoms with van der Waals surface area (Å²) in [5, 5.41) is 11.5. The molecule has 3 aromatic carbocycles. The first-order valence-electron chi connectivity index (χ1n) is 18.7. The van der Waals surface area contributed by atoms with E-state index in [-0.39, 0.29) is 53.9 Å². The van der Waals surface area contributed by atoms with E-state index in [2.05, 4.69) is 4.90 Å². The van der Waals surface area contributed by atoms with Gasteiger partial charge in [-0.2, -0.15) is 0 Å². The van der Waals surface area contributed by atoms with Gasteiger partial charge >= 0.3 is 5.97 Å². The van der Waals surface area contributed by atoms with Gasteiger partial charge in [-0.3, -0.25) is 24.1 Å². The third-order valence-corrected chi connectivity index (χ3v) is 12.2. The molecule has 3 aromatic rings. The predicted octanol–water partition coefficient (Wildman–Crippen LogP) is 6.29. The van der Waals surface area contributed by atoms with Crippen LogP contribution in [0.3, 0.4) is 0 Å². The van der Waals surface area contributed by atoms with Gasteiger partial charge in [0.15, 0.2) is 23.1 Å². The van der Waals surface area contributed by atoms with Crippen molar-refractivity contribution in [2.75, 3.05) is 19.6 Å². The molecule has 5 atom stereocenters. The molecule has 2 saturated carbocycles. The highest BCUT2D eigenvalue weighted by Gasteiger charge is 2.67. The number of unbranched alkanes of at least 4 members (excludes halogenated alkanes) is 1. The van der Waals surface area contributed by atoms with Crippen molar-refractivity contribution >= 4 is 23.4 Å². The first kappa shape index (κ1) is 33.6.